The first kappa shape index (κ1) is 27.0. The quantitative estimate of drug-likeness (QED) is 0.206. The largest absolute Gasteiger partial charge is 0.465 e. The number of nitrogens with one attached hydrogen (secondary N) is 2. The number of fused-ring (bicyclic) bond motifs is 1. The van der Waals surface area contributed by atoms with E-state index in [9.17, 15) is 17.6 Å². The molecule has 40 heavy (non-hydrogen) atoms. The molecule has 0 saturated carbocycles. The Morgan fingerprint density at radius 2 is 1.60 bits per heavy atom. The highest BCUT2D eigenvalue weighted by molar-refractivity contribution is 7.92. The van der Waals surface area contributed by atoms with Gasteiger partial charge in [0.05, 0.1) is 29.2 Å². The number of hydrogen-bond donors (Lipinski definition) is 2. The third-order valence-corrected chi connectivity index (χ3v) is 8.07. The van der Waals surface area contributed by atoms with E-state index in [4.69, 9.17) is 9.15 Å². The highest BCUT2D eigenvalue weighted by atomic mass is 32.2. The molecule has 4 aromatic carbocycles. The van der Waals surface area contributed by atoms with Gasteiger partial charge in [-0.15, -0.1) is 0 Å². The molecule has 0 saturated heterocycles. The molecule has 7 nitrogen and oxygen atoms in total. The van der Waals surface area contributed by atoms with Crippen LogP contribution >= 0.6 is 0 Å². The number of benzene rings is 4. The summed E-state index contributed by atoms with van der Waals surface area (Å²) in [5.41, 5.74) is 3.72. The summed E-state index contributed by atoms with van der Waals surface area (Å²) in [5, 5.41) is 3.54. The Labute approximate surface area is 231 Å². The highest BCUT2D eigenvalue weighted by Crippen LogP contribution is 2.43. The van der Waals surface area contributed by atoms with Crippen molar-refractivity contribution in [1.82, 2.24) is 0 Å². The van der Waals surface area contributed by atoms with Crippen molar-refractivity contribution in [2.24, 2.45) is 0 Å². The fraction of sp³-hybridized carbons (Fsp3) is 0.129. The van der Waals surface area contributed by atoms with Crippen LogP contribution in [0.2, 0.25) is 0 Å². The van der Waals surface area contributed by atoms with Crippen LogP contribution < -0.4 is 10.0 Å². The first-order chi connectivity index (χ1) is 19.2. The smallest absolute Gasteiger partial charge is 0.339 e. The van der Waals surface area contributed by atoms with E-state index in [1.807, 2.05) is 6.92 Å². The van der Waals surface area contributed by atoms with Crippen molar-refractivity contribution in [2.75, 3.05) is 24.2 Å². The monoisotopic (exact) mass is 558 g/mol. The summed E-state index contributed by atoms with van der Waals surface area (Å²) >= 11 is 0. The maximum atomic E-state index is 14.0. The third kappa shape index (κ3) is 5.15. The number of hydrogen-bond acceptors (Lipinski definition) is 6. The lowest BCUT2D eigenvalue weighted by atomic mass is 9.87. The van der Waals surface area contributed by atoms with Gasteiger partial charge in [0.25, 0.3) is 10.0 Å². The molecule has 204 valence electrons. The molecule has 0 bridgehead atoms. The SMILES string of the molecule is CNc1ccc([C@@H](c2ccc(F)cc2)c2oc3ccccc3c2NS(=O)(=O)c2ccc(C)cc2)cc1C(=O)OC. The van der Waals surface area contributed by atoms with Crippen LogP contribution in [0.3, 0.4) is 0 Å². The van der Waals surface area contributed by atoms with Crippen LogP contribution in [0.1, 0.15) is 38.7 Å². The molecule has 0 spiro atoms. The Morgan fingerprint density at radius 3 is 2.27 bits per heavy atom. The van der Waals surface area contributed by atoms with E-state index in [2.05, 4.69) is 10.0 Å². The van der Waals surface area contributed by atoms with Gasteiger partial charge >= 0.3 is 5.97 Å². The fourth-order valence-electron chi connectivity index (χ4n) is 4.67. The van der Waals surface area contributed by atoms with Gasteiger partial charge in [-0.25, -0.2) is 17.6 Å². The van der Waals surface area contributed by atoms with Crippen molar-refractivity contribution < 1.29 is 26.8 Å². The number of methoxy groups -OCH3 is 1. The predicted octanol–water partition coefficient (Wildman–Crippen LogP) is 6.69. The summed E-state index contributed by atoms with van der Waals surface area (Å²) in [4.78, 5) is 12.7. The molecule has 0 radical (unpaired) electrons. The highest BCUT2D eigenvalue weighted by Gasteiger charge is 2.30. The number of halogens is 1. The molecule has 9 heteroatoms. The Kier molecular flexibility index (Phi) is 7.32. The van der Waals surface area contributed by atoms with Gasteiger partial charge in [0.15, 0.2) is 0 Å². The predicted molar refractivity (Wildman–Crippen MR) is 153 cm³/mol. The van der Waals surface area contributed by atoms with Crippen molar-refractivity contribution in [3.63, 3.8) is 0 Å². The molecule has 5 aromatic rings. The maximum Gasteiger partial charge on any atom is 0.339 e. The molecule has 1 atom stereocenters. The van der Waals surface area contributed by atoms with Gasteiger partial charge in [-0.3, -0.25) is 4.72 Å². The third-order valence-electron chi connectivity index (χ3n) is 6.71. The lowest BCUT2D eigenvalue weighted by molar-refractivity contribution is 0.0601. The van der Waals surface area contributed by atoms with Crippen LogP contribution in [0.15, 0.2) is 100 Å². The molecule has 0 aliphatic carbocycles. The van der Waals surface area contributed by atoms with Crippen LogP contribution in [0.4, 0.5) is 15.8 Å². The molecule has 0 aliphatic heterocycles. The van der Waals surface area contributed by atoms with E-state index < -0.39 is 27.7 Å². The Morgan fingerprint density at radius 1 is 0.925 bits per heavy atom. The zero-order valence-corrected chi connectivity index (χ0v) is 22.9. The number of ether oxygens (including phenoxy) is 1. The topological polar surface area (TPSA) is 97.6 Å². The average Bonchev–Trinajstić information content (AvgIpc) is 3.31. The summed E-state index contributed by atoms with van der Waals surface area (Å²) in [6.07, 6.45) is 0. The standard InChI is InChI=1S/C31H27FN2O5S/c1-19-8-15-23(16-9-19)40(36,37)34-29-24-6-4-5-7-27(24)39-30(29)28(20-10-13-22(32)14-11-20)21-12-17-26(33-2)25(18-21)31(35)38-3/h4-18,28,33-34H,1-3H3/t28-/m1/s1. The molecular weight excluding hydrogens is 531 g/mol. The average molecular weight is 559 g/mol. The maximum absolute atomic E-state index is 14.0. The summed E-state index contributed by atoms with van der Waals surface area (Å²) < 4.78 is 55.1. The lowest BCUT2D eigenvalue weighted by Gasteiger charge is -2.20. The summed E-state index contributed by atoms with van der Waals surface area (Å²) in [6, 6.07) is 24.7. The van der Waals surface area contributed by atoms with Crippen molar-refractivity contribution in [2.45, 2.75) is 17.7 Å². The van der Waals surface area contributed by atoms with E-state index in [0.717, 1.165) is 5.56 Å². The van der Waals surface area contributed by atoms with Crippen molar-refractivity contribution in [3.8, 4) is 0 Å². The minimum absolute atomic E-state index is 0.0963. The minimum Gasteiger partial charge on any atom is -0.465 e. The number of carbonyl (C=O) groups excluding carboxylic acids is 1. The fourth-order valence-corrected chi connectivity index (χ4v) is 5.76. The Bertz CT molecular complexity index is 1800. The number of esters is 1. The van der Waals surface area contributed by atoms with Gasteiger partial charge < -0.3 is 14.5 Å². The van der Waals surface area contributed by atoms with Gasteiger partial charge in [0.2, 0.25) is 0 Å². The first-order valence-electron chi connectivity index (χ1n) is 12.5. The molecule has 2 N–H and O–H groups in total. The summed E-state index contributed by atoms with van der Waals surface area (Å²) in [7, 11) is -1.02. The van der Waals surface area contributed by atoms with Gasteiger partial charge in [-0.2, -0.15) is 0 Å². The second kappa shape index (κ2) is 10.9. The molecule has 0 aliphatic rings. The molecule has 0 unspecified atom stereocenters. The Balaban J connectivity index is 1.75. The molecule has 0 amide bonds. The lowest BCUT2D eigenvalue weighted by Crippen LogP contribution is -2.15. The van der Waals surface area contributed by atoms with Crippen molar-refractivity contribution in [3.05, 3.63) is 125 Å². The number of sulfonamides is 1. The van der Waals surface area contributed by atoms with Gasteiger partial charge in [0, 0.05) is 18.1 Å². The Hall–Kier alpha value is -4.63. The molecule has 5 rings (SSSR count). The second-order valence-corrected chi connectivity index (χ2v) is 11.0. The molecule has 1 heterocycles. The molecule has 0 fully saturated rings. The minimum atomic E-state index is -4.01. The summed E-state index contributed by atoms with van der Waals surface area (Å²) in [5.74, 6) is -1.39. The van der Waals surface area contributed by atoms with Gasteiger partial charge in [0.1, 0.15) is 17.2 Å². The van der Waals surface area contributed by atoms with Crippen molar-refractivity contribution >= 4 is 38.3 Å². The van der Waals surface area contributed by atoms with Crippen LogP contribution in [-0.4, -0.2) is 28.5 Å². The summed E-state index contributed by atoms with van der Waals surface area (Å²) in [6.45, 7) is 1.88. The normalized spacial score (nSPS) is 12.2. The van der Waals surface area contributed by atoms with Crippen LogP contribution in [-0.2, 0) is 14.8 Å². The van der Waals surface area contributed by atoms with E-state index in [1.165, 1.54) is 31.4 Å². The van der Waals surface area contributed by atoms with Crippen LogP contribution in [0.25, 0.3) is 11.0 Å². The molecule has 1 aromatic heterocycles. The van der Waals surface area contributed by atoms with E-state index in [-0.39, 0.29) is 21.9 Å². The zero-order chi connectivity index (χ0) is 28.4. The van der Waals surface area contributed by atoms with Gasteiger partial charge in [-0.05, 0) is 66.6 Å². The van der Waals surface area contributed by atoms with E-state index >= 15 is 0 Å². The number of furan rings is 1. The van der Waals surface area contributed by atoms with Gasteiger partial charge in [-0.1, -0.05) is 48.0 Å². The number of aryl methyl sites for hydroxylation is 1. The number of rotatable bonds is 8. The first-order valence-corrected chi connectivity index (χ1v) is 14.0. The van der Waals surface area contributed by atoms with E-state index in [0.29, 0.717) is 27.8 Å². The number of carbonyl (C=O) groups is 1. The zero-order valence-electron chi connectivity index (χ0n) is 22.1. The van der Waals surface area contributed by atoms with Crippen molar-refractivity contribution in [1.29, 1.82) is 0 Å². The number of para-hydroxylation sites is 1. The van der Waals surface area contributed by atoms with Crippen LogP contribution in [0.5, 0.6) is 0 Å². The molecular formula is C31H27FN2O5S. The number of anilines is 2. The van der Waals surface area contributed by atoms with E-state index in [1.54, 1.807) is 73.8 Å². The van der Waals surface area contributed by atoms with Crippen LogP contribution in [0, 0.1) is 12.7 Å². The second-order valence-electron chi connectivity index (χ2n) is 9.29.